The molecular formula is C17H14ClNO2. The molecule has 2 aromatic rings. The van der Waals surface area contributed by atoms with E-state index < -0.39 is 0 Å². The van der Waals surface area contributed by atoms with Crippen LogP contribution < -0.4 is 4.90 Å². The zero-order valence-electron chi connectivity index (χ0n) is 11.5. The van der Waals surface area contributed by atoms with Gasteiger partial charge in [0.25, 0.3) is 5.91 Å². The van der Waals surface area contributed by atoms with Gasteiger partial charge in [-0.15, -0.1) is 0 Å². The molecule has 3 rings (SSSR count). The quantitative estimate of drug-likeness (QED) is 0.810. The van der Waals surface area contributed by atoms with E-state index in [9.17, 15) is 9.59 Å². The van der Waals surface area contributed by atoms with Gasteiger partial charge in [0.05, 0.1) is 12.5 Å². The SMILES string of the molecule is CC(C(=O)Cl)c1ccc(N2Cc3ccccc3C2=O)cc1. The molecule has 106 valence electrons. The van der Waals surface area contributed by atoms with Crippen LogP contribution in [-0.4, -0.2) is 11.1 Å². The monoisotopic (exact) mass is 299 g/mol. The van der Waals surface area contributed by atoms with E-state index in [-0.39, 0.29) is 17.1 Å². The fourth-order valence-corrected chi connectivity index (χ4v) is 2.66. The van der Waals surface area contributed by atoms with Gasteiger partial charge in [0.1, 0.15) is 0 Å². The number of hydrogen-bond donors (Lipinski definition) is 0. The summed E-state index contributed by atoms with van der Waals surface area (Å²) < 4.78 is 0. The first-order valence-electron chi connectivity index (χ1n) is 6.77. The van der Waals surface area contributed by atoms with E-state index in [1.54, 1.807) is 11.8 Å². The predicted octanol–water partition coefficient (Wildman–Crippen LogP) is 3.72. The lowest BCUT2D eigenvalue weighted by Gasteiger charge is -2.17. The molecule has 1 amide bonds. The average molecular weight is 300 g/mol. The molecule has 21 heavy (non-hydrogen) atoms. The molecule has 0 saturated carbocycles. The molecular weight excluding hydrogens is 286 g/mol. The van der Waals surface area contributed by atoms with Crippen LogP contribution in [0.15, 0.2) is 48.5 Å². The number of carbonyl (C=O) groups excluding carboxylic acids is 2. The number of benzene rings is 2. The van der Waals surface area contributed by atoms with Crippen molar-refractivity contribution in [2.24, 2.45) is 0 Å². The summed E-state index contributed by atoms with van der Waals surface area (Å²) in [6.07, 6.45) is 0. The first kappa shape index (κ1) is 13.8. The Morgan fingerprint density at radius 3 is 2.43 bits per heavy atom. The van der Waals surface area contributed by atoms with Crippen LogP contribution in [0.5, 0.6) is 0 Å². The minimum Gasteiger partial charge on any atom is -0.304 e. The molecule has 1 atom stereocenters. The molecule has 0 bridgehead atoms. The second kappa shape index (κ2) is 5.34. The van der Waals surface area contributed by atoms with Crippen LogP contribution in [-0.2, 0) is 11.3 Å². The van der Waals surface area contributed by atoms with Crippen molar-refractivity contribution >= 4 is 28.4 Å². The Labute approximate surface area is 128 Å². The van der Waals surface area contributed by atoms with Gasteiger partial charge in [-0.05, 0) is 40.9 Å². The standard InChI is InChI=1S/C17H14ClNO2/c1-11(16(18)20)12-6-8-14(9-7-12)19-10-13-4-2-3-5-15(13)17(19)21/h2-9,11H,10H2,1H3. The molecule has 0 aromatic heterocycles. The molecule has 0 radical (unpaired) electrons. The van der Waals surface area contributed by atoms with Crippen LogP contribution in [0.2, 0.25) is 0 Å². The van der Waals surface area contributed by atoms with Gasteiger partial charge < -0.3 is 4.90 Å². The van der Waals surface area contributed by atoms with Gasteiger partial charge in [0, 0.05) is 11.3 Å². The second-order valence-electron chi connectivity index (χ2n) is 5.17. The van der Waals surface area contributed by atoms with Crippen molar-refractivity contribution in [3.63, 3.8) is 0 Å². The van der Waals surface area contributed by atoms with Crippen molar-refractivity contribution in [1.82, 2.24) is 0 Å². The molecule has 0 spiro atoms. The van der Waals surface area contributed by atoms with E-state index in [4.69, 9.17) is 11.6 Å². The molecule has 0 saturated heterocycles. The number of amides is 1. The Morgan fingerprint density at radius 2 is 1.81 bits per heavy atom. The molecule has 0 fully saturated rings. The number of anilines is 1. The van der Waals surface area contributed by atoms with Crippen molar-refractivity contribution in [2.75, 3.05) is 4.90 Å². The lowest BCUT2D eigenvalue weighted by Crippen LogP contribution is -2.22. The third-order valence-corrected chi connectivity index (χ3v) is 4.19. The maximum absolute atomic E-state index is 12.4. The van der Waals surface area contributed by atoms with Crippen LogP contribution in [0.4, 0.5) is 5.69 Å². The lowest BCUT2D eigenvalue weighted by atomic mass is 10.0. The second-order valence-corrected chi connectivity index (χ2v) is 5.54. The highest BCUT2D eigenvalue weighted by atomic mass is 35.5. The molecule has 2 aromatic carbocycles. The van der Waals surface area contributed by atoms with E-state index in [0.717, 1.165) is 22.4 Å². The van der Waals surface area contributed by atoms with Crippen LogP contribution in [0, 0.1) is 0 Å². The van der Waals surface area contributed by atoms with Crippen LogP contribution in [0.25, 0.3) is 0 Å². The Balaban J connectivity index is 1.87. The number of rotatable bonds is 3. The van der Waals surface area contributed by atoms with Crippen LogP contribution in [0.1, 0.15) is 34.3 Å². The maximum Gasteiger partial charge on any atom is 0.258 e. The summed E-state index contributed by atoms with van der Waals surface area (Å²) in [6.45, 7) is 2.35. The summed E-state index contributed by atoms with van der Waals surface area (Å²) in [5.74, 6) is -0.327. The number of carbonyl (C=O) groups is 2. The van der Waals surface area contributed by atoms with Gasteiger partial charge in [0.15, 0.2) is 0 Å². The Kier molecular flexibility index (Phi) is 3.52. The molecule has 0 N–H and O–H groups in total. The number of halogens is 1. The summed E-state index contributed by atoms with van der Waals surface area (Å²) in [7, 11) is 0. The lowest BCUT2D eigenvalue weighted by molar-refractivity contribution is -0.112. The molecule has 1 aliphatic heterocycles. The normalized spacial score (nSPS) is 15.0. The minimum absolute atomic E-state index is 0.0137. The van der Waals surface area contributed by atoms with Crippen molar-refractivity contribution in [2.45, 2.75) is 19.4 Å². The third kappa shape index (κ3) is 2.45. The molecule has 4 heteroatoms. The van der Waals surface area contributed by atoms with Crippen LogP contribution in [0.3, 0.4) is 0 Å². The zero-order chi connectivity index (χ0) is 15.0. The van der Waals surface area contributed by atoms with Crippen LogP contribution >= 0.6 is 11.6 Å². The largest absolute Gasteiger partial charge is 0.304 e. The highest BCUT2D eigenvalue weighted by Crippen LogP contribution is 2.29. The first-order valence-corrected chi connectivity index (χ1v) is 7.15. The van der Waals surface area contributed by atoms with Crippen molar-refractivity contribution in [3.8, 4) is 0 Å². The highest BCUT2D eigenvalue weighted by Gasteiger charge is 2.27. The maximum atomic E-state index is 12.4. The van der Waals surface area contributed by atoms with Gasteiger partial charge in [-0.3, -0.25) is 9.59 Å². The minimum atomic E-state index is -0.382. The zero-order valence-corrected chi connectivity index (χ0v) is 12.3. The summed E-state index contributed by atoms with van der Waals surface area (Å²) in [4.78, 5) is 25.3. The van der Waals surface area contributed by atoms with E-state index in [0.29, 0.717) is 6.54 Å². The van der Waals surface area contributed by atoms with Gasteiger partial charge in [-0.2, -0.15) is 0 Å². The van der Waals surface area contributed by atoms with Gasteiger partial charge in [-0.25, -0.2) is 0 Å². The fraction of sp³-hybridized carbons (Fsp3) is 0.176. The molecule has 3 nitrogen and oxygen atoms in total. The average Bonchev–Trinajstić information content (AvgIpc) is 2.84. The Morgan fingerprint density at radius 1 is 1.14 bits per heavy atom. The number of hydrogen-bond acceptors (Lipinski definition) is 2. The molecule has 1 unspecified atom stereocenters. The van der Waals surface area contributed by atoms with Gasteiger partial charge in [-0.1, -0.05) is 37.3 Å². The van der Waals surface area contributed by atoms with Crippen molar-refractivity contribution < 1.29 is 9.59 Å². The van der Waals surface area contributed by atoms with Crippen molar-refractivity contribution in [3.05, 3.63) is 65.2 Å². The van der Waals surface area contributed by atoms with E-state index in [1.807, 2.05) is 48.5 Å². The predicted molar refractivity (Wildman–Crippen MR) is 82.7 cm³/mol. The topological polar surface area (TPSA) is 37.4 Å². The highest BCUT2D eigenvalue weighted by molar-refractivity contribution is 6.64. The van der Waals surface area contributed by atoms with Gasteiger partial charge in [0.2, 0.25) is 5.24 Å². The van der Waals surface area contributed by atoms with Crippen molar-refractivity contribution in [1.29, 1.82) is 0 Å². The molecule has 0 aliphatic carbocycles. The Hall–Kier alpha value is -2.13. The number of fused-ring (bicyclic) bond motifs is 1. The van der Waals surface area contributed by atoms with Gasteiger partial charge >= 0.3 is 0 Å². The third-order valence-electron chi connectivity index (χ3n) is 3.87. The molecule has 1 aliphatic rings. The number of nitrogens with zero attached hydrogens (tertiary/aromatic N) is 1. The molecule has 1 heterocycles. The van der Waals surface area contributed by atoms with E-state index >= 15 is 0 Å². The first-order chi connectivity index (χ1) is 10.1. The summed E-state index contributed by atoms with van der Waals surface area (Å²) in [5.41, 5.74) is 3.47. The summed E-state index contributed by atoms with van der Waals surface area (Å²) in [5, 5.41) is -0.382. The fourth-order valence-electron chi connectivity index (χ4n) is 2.54. The summed E-state index contributed by atoms with van der Waals surface area (Å²) in [6, 6.07) is 15.0. The smallest absolute Gasteiger partial charge is 0.258 e. The van der Waals surface area contributed by atoms with E-state index in [1.165, 1.54) is 0 Å². The Bertz CT molecular complexity index is 709. The summed E-state index contributed by atoms with van der Waals surface area (Å²) >= 11 is 5.51. The van der Waals surface area contributed by atoms with E-state index in [2.05, 4.69) is 0 Å².